The zero-order chi connectivity index (χ0) is 14.7. The molecule has 0 saturated heterocycles. The van der Waals surface area contributed by atoms with E-state index in [9.17, 15) is 8.78 Å². The highest BCUT2D eigenvalue weighted by Gasteiger charge is 2.08. The van der Waals surface area contributed by atoms with Gasteiger partial charge in [0.15, 0.2) is 11.6 Å². The first-order chi connectivity index (χ1) is 9.51. The van der Waals surface area contributed by atoms with Gasteiger partial charge < -0.3 is 10.5 Å². The van der Waals surface area contributed by atoms with Gasteiger partial charge in [-0.3, -0.25) is 0 Å². The van der Waals surface area contributed by atoms with Crippen LogP contribution >= 0.6 is 0 Å². The molecule has 2 aromatic carbocycles. The monoisotopic (exact) mass is 277 g/mol. The van der Waals surface area contributed by atoms with E-state index in [0.29, 0.717) is 12.1 Å². The smallest absolute Gasteiger partial charge is 0.159 e. The molecule has 0 bridgehead atoms. The van der Waals surface area contributed by atoms with Crippen LogP contribution in [0.25, 0.3) is 0 Å². The second kappa shape index (κ2) is 6.01. The van der Waals surface area contributed by atoms with Crippen LogP contribution in [0.4, 0.5) is 8.78 Å². The molecule has 2 nitrogen and oxygen atoms in total. The molecule has 0 aliphatic heterocycles. The van der Waals surface area contributed by atoms with Crippen LogP contribution in [0.5, 0.6) is 5.75 Å². The lowest BCUT2D eigenvalue weighted by atomic mass is 10.1. The first kappa shape index (κ1) is 14.5. The minimum absolute atomic E-state index is 0.195. The SMILES string of the molecule is Cc1cc(CN)cc(C)c1OCc1ccc(F)c(F)c1. The Balaban J connectivity index is 2.16. The van der Waals surface area contributed by atoms with Crippen LogP contribution in [-0.4, -0.2) is 0 Å². The predicted octanol–water partition coefficient (Wildman–Crippen LogP) is 3.62. The number of ether oxygens (including phenoxy) is 1. The average Bonchev–Trinajstić information content (AvgIpc) is 2.41. The zero-order valence-electron chi connectivity index (χ0n) is 11.5. The molecule has 2 rings (SSSR count). The number of rotatable bonds is 4. The number of hydrogen-bond acceptors (Lipinski definition) is 2. The van der Waals surface area contributed by atoms with Crippen LogP contribution in [0, 0.1) is 25.5 Å². The second-order valence-electron chi connectivity index (χ2n) is 4.80. The molecule has 0 amide bonds. The molecule has 106 valence electrons. The molecule has 0 aliphatic carbocycles. The molecule has 2 N–H and O–H groups in total. The third-order valence-electron chi connectivity index (χ3n) is 3.12. The summed E-state index contributed by atoms with van der Waals surface area (Å²) in [6, 6.07) is 7.69. The van der Waals surface area contributed by atoms with E-state index < -0.39 is 11.6 Å². The molecule has 0 radical (unpaired) electrons. The van der Waals surface area contributed by atoms with Gasteiger partial charge in [0, 0.05) is 6.54 Å². The first-order valence-electron chi connectivity index (χ1n) is 6.38. The second-order valence-corrected chi connectivity index (χ2v) is 4.80. The maximum Gasteiger partial charge on any atom is 0.159 e. The first-order valence-corrected chi connectivity index (χ1v) is 6.38. The topological polar surface area (TPSA) is 35.2 Å². The summed E-state index contributed by atoms with van der Waals surface area (Å²) in [4.78, 5) is 0. The lowest BCUT2D eigenvalue weighted by Gasteiger charge is -2.14. The molecule has 0 heterocycles. The summed E-state index contributed by atoms with van der Waals surface area (Å²) in [5.41, 5.74) is 9.21. The lowest BCUT2D eigenvalue weighted by molar-refractivity contribution is 0.301. The van der Waals surface area contributed by atoms with E-state index in [4.69, 9.17) is 10.5 Å². The van der Waals surface area contributed by atoms with Crippen molar-refractivity contribution in [1.82, 2.24) is 0 Å². The average molecular weight is 277 g/mol. The van der Waals surface area contributed by atoms with Crippen molar-refractivity contribution in [3.8, 4) is 5.75 Å². The molecule has 0 unspecified atom stereocenters. The fourth-order valence-electron chi connectivity index (χ4n) is 2.17. The van der Waals surface area contributed by atoms with Crippen molar-refractivity contribution in [3.63, 3.8) is 0 Å². The number of nitrogens with two attached hydrogens (primary N) is 1. The molecule has 0 saturated carbocycles. The van der Waals surface area contributed by atoms with Gasteiger partial charge in [0.05, 0.1) is 0 Å². The standard InChI is InChI=1S/C16H17F2NO/c1-10-5-13(8-19)6-11(2)16(10)20-9-12-3-4-14(17)15(18)7-12/h3-7H,8-9,19H2,1-2H3. The van der Waals surface area contributed by atoms with Gasteiger partial charge in [0.1, 0.15) is 12.4 Å². The van der Waals surface area contributed by atoms with Gasteiger partial charge in [0.25, 0.3) is 0 Å². The van der Waals surface area contributed by atoms with Crippen molar-refractivity contribution < 1.29 is 13.5 Å². The Hall–Kier alpha value is -1.94. The maximum absolute atomic E-state index is 13.1. The van der Waals surface area contributed by atoms with E-state index in [1.54, 1.807) is 0 Å². The Morgan fingerprint density at radius 2 is 1.60 bits per heavy atom. The Kier molecular flexibility index (Phi) is 4.35. The number of halogens is 2. The highest BCUT2D eigenvalue weighted by atomic mass is 19.2. The van der Waals surface area contributed by atoms with E-state index in [1.165, 1.54) is 6.07 Å². The predicted molar refractivity (Wildman–Crippen MR) is 74.5 cm³/mol. The Morgan fingerprint density at radius 1 is 0.950 bits per heavy atom. The van der Waals surface area contributed by atoms with Crippen LogP contribution in [0.15, 0.2) is 30.3 Å². The maximum atomic E-state index is 13.1. The molecule has 0 aromatic heterocycles. The fourth-order valence-corrected chi connectivity index (χ4v) is 2.17. The van der Waals surface area contributed by atoms with Crippen molar-refractivity contribution in [2.45, 2.75) is 27.0 Å². The molecule has 0 spiro atoms. The van der Waals surface area contributed by atoms with Crippen LogP contribution in [0.1, 0.15) is 22.3 Å². The van der Waals surface area contributed by atoms with Crippen LogP contribution in [-0.2, 0) is 13.2 Å². The Labute approximate surface area is 117 Å². The molecular weight excluding hydrogens is 260 g/mol. The van der Waals surface area contributed by atoms with E-state index in [-0.39, 0.29) is 6.61 Å². The molecule has 0 aliphatic rings. The zero-order valence-corrected chi connectivity index (χ0v) is 11.5. The van der Waals surface area contributed by atoms with Crippen molar-refractivity contribution >= 4 is 0 Å². The summed E-state index contributed by atoms with van der Waals surface area (Å²) >= 11 is 0. The summed E-state index contributed by atoms with van der Waals surface area (Å²) in [7, 11) is 0. The number of hydrogen-bond donors (Lipinski definition) is 1. The molecule has 0 fully saturated rings. The molecular formula is C16H17F2NO. The van der Waals surface area contributed by atoms with E-state index in [0.717, 1.165) is 34.6 Å². The van der Waals surface area contributed by atoms with Gasteiger partial charge in [-0.05, 0) is 48.2 Å². The summed E-state index contributed by atoms with van der Waals surface area (Å²) in [5, 5.41) is 0. The number of benzene rings is 2. The van der Waals surface area contributed by atoms with Gasteiger partial charge in [-0.2, -0.15) is 0 Å². The van der Waals surface area contributed by atoms with Crippen molar-refractivity contribution in [3.05, 3.63) is 64.2 Å². The third-order valence-corrected chi connectivity index (χ3v) is 3.12. The minimum Gasteiger partial charge on any atom is -0.488 e. The quantitative estimate of drug-likeness (QED) is 0.926. The Morgan fingerprint density at radius 3 is 2.15 bits per heavy atom. The Bertz CT molecular complexity index is 603. The van der Waals surface area contributed by atoms with Crippen LogP contribution in [0.3, 0.4) is 0 Å². The highest BCUT2D eigenvalue weighted by molar-refractivity contribution is 5.43. The molecule has 20 heavy (non-hydrogen) atoms. The summed E-state index contributed by atoms with van der Waals surface area (Å²) in [5.74, 6) is -0.960. The van der Waals surface area contributed by atoms with Gasteiger partial charge in [-0.25, -0.2) is 8.78 Å². The van der Waals surface area contributed by atoms with E-state index in [2.05, 4.69) is 0 Å². The van der Waals surface area contributed by atoms with Crippen molar-refractivity contribution in [2.24, 2.45) is 5.73 Å². The van der Waals surface area contributed by atoms with Gasteiger partial charge in [0.2, 0.25) is 0 Å². The van der Waals surface area contributed by atoms with Gasteiger partial charge in [-0.15, -0.1) is 0 Å². The van der Waals surface area contributed by atoms with Crippen LogP contribution < -0.4 is 10.5 Å². The third kappa shape index (κ3) is 3.14. The normalized spacial score (nSPS) is 10.7. The minimum atomic E-state index is -0.863. The lowest BCUT2D eigenvalue weighted by Crippen LogP contribution is -2.03. The molecule has 4 heteroatoms. The van der Waals surface area contributed by atoms with Crippen molar-refractivity contribution in [1.29, 1.82) is 0 Å². The summed E-state index contributed by atoms with van der Waals surface area (Å²) in [6.07, 6.45) is 0. The van der Waals surface area contributed by atoms with E-state index in [1.807, 2.05) is 26.0 Å². The fraction of sp³-hybridized carbons (Fsp3) is 0.250. The molecule has 2 aromatic rings. The van der Waals surface area contributed by atoms with Crippen molar-refractivity contribution in [2.75, 3.05) is 0 Å². The van der Waals surface area contributed by atoms with E-state index >= 15 is 0 Å². The number of aryl methyl sites for hydroxylation is 2. The molecule has 0 atom stereocenters. The highest BCUT2D eigenvalue weighted by Crippen LogP contribution is 2.25. The largest absolute Gasteiger partial charge is 0.488 e. The van der Waals surface area contributed by atoms with Crippen LogP contribution in [0.2, 0.25) is 0 Å². The summed E-state index contributed by atoms with van der Waals surface area (Å²) in [6.45, 7) is 4.55. The van der Waals surface area contributed by atoms with Gasteiger partial charge >= 0.3 is 0 Å². The van der Waals surface area contributed by atoms with Gasteiger partial charge in [-0.1, -0.05) is 18.2 Å². The summed E-state index contributed by atoms with van der Waals surface area (Å²) < 4.78 is 31.7.